The van der Waals surface area contributed by atoms with Gasteiger partial charge in [-0.05, 0) is 18.2 Å². The number of oxazole rings is 1. The second kappa shape index (κ2) is 3.31. The lowest BCUT2D eigenvalue weighted by atomic mass is 10.2. The highest BCUT2D eigenvalue weighted by Gasteiger charge is 2.06. The number of nitrogens with zero attached hydrogens (tertiary/aromatic N) is 1. The van der Waals surface area contributed by atoms with E-state index in [2.05, 4.69) is 4.98 Å². The van der Waals surface area contributed by atoms with E-state index in [0.717, 1.165) is 0 Å². The van der Waals surface area contributed by atoms with Gasteiger partial charge in [0.25, 0.3) is 6.01 Å². The fourth-order valence-electron chi connectivity index (χ4n) is 1.08. The van der Waals surface area contributed by atoms with Crippen LogP contribution in [-0.2, 0) is 0 Å². The number of rotatable bonds is 1. The Bertz CT molecular complexity index is 470. The lowest BCUT2D eigenvalue weighted by Gasteiger charge is -1.97. The van der Waals surface area contributed by atoms with Gasteiger partial charge in [-0.1, -0.05) is 11.6 Å². The van der Waals surface area contributed by atoms with Crippen molar-refractivity contribution >= 4 is 17.6 Å². The average Bonchev–Trinajstić information content (AvgIpc) is 2.57. The first-order valence-corrected chi connectivity index (χ1v) is 4.21. The van der Waals surface area contributed by atoms with E-state index in [1.165, 1.54) is 18.4 Å². The SMILES string of the molecule is Nc1nc(-c2ccc(F)c(Cl)c2)co1. The summed E-state index contributed by atoms with van der Waals surface area (Å²) in [6.07, 6.45) is 1.39. The summed E-state index contributed by atoms with van der Waals surface area (Å²) in [7, 11) is 0. The highest BCUT2D eigenvalue weighted by molar-refractivity contribution is 6.31. The van der Waals surface area contributed by atoms with Crippen molar-refractivity contribution in [3.05, 3.63) is 35.3 Å². The third kappa shape index (κ3) is 1.56. The summed E-state index contributed by atoms with van der Waals surface area (Å²) in [5.41, 5.74) is 6.49. The van der Waals surface area contributed by atoms with Crippen LogP contribution in [0.5, 0.6) is 0 Å². The standard InChI is InChI=1S/C9H6ClFN2O/c10-6-3-5(1-2-7(6)11)8-4-14-9(12)13-8/h1-4H,(H2,12,13). The number of aromatic nitrogens is 1. The maximum atomic E-state index is 12.8. The summed E-state index contributed by atoms with van der Waals surface area (Å²) in [6, 6.07) is 4.36. The molecule has 0 aliphatic carbocycles. The van der Waals surface area contributed by atoms with Crippen LogP contribution in [0.15, 0.2) is 28.9 Å². The summed E-state index contributed by atoms with van der Waals surface area (Å²) in [4.78, 5) is 3.88. The Morgan fingerprint density at radius 3 is 2.79 bits per heavy atom. The fourth-order valence-corrected chi connectivity index (χ4v) is 1.26. The van der Waals surface area contributed by atoms with Crippen molar-refractivity contribution in [3.8, 4) is 11.3 Å². The molecule has 0 spiro atoms. The average molecular weight is 213 g/mol. The Morgan fingerprint density at radius 1 is 1.43 bits per heavy atom. The van der Waals surface area contributed by atoms with Crippen LogP contribution in [-0.4, -0.2) is 4.98 Å². The van der Waals surface area contributed by atoms with Gasteiger partial charge in [0.15, 0.2) is 0 Å². The number of hydrogen-bond donors (Lipinski definition) is 1. The van der Waals surface area contributed by atoms with E-state index >= 15 is 0 Å². The predicted octanol–water partition coefficient (Wildman–Crippen LogP) is 2.72. The molecule has 0 saturated carbocycles. The predicted molar refractivity (Wildman–Crippen MR) is 51.3 cm³/mol. The van der Waals surface area contributed by atoms with Gasteiger partial charge >= 0.3 is 0 Å². The monoisotopic (exact) mass is 212 g/mol. The van der Waals surface area contributed by atoms with E-state index in [-0.39, 0.29) is 11.0 Å². The lowest BCUT2D eigenvalue weighted by Crippen LogP contribution is -1.84. The Labute approximate surface area is 84.3 Å². The number of hydrogen-bond acceptors (Lipinski definition) is 3. The van der Waals surface area contributed by atoms with Gasteiger partial charge < -0.3 is 10.2 Å². The smallest absolute Gasteiger partial charge is 0.292 e. The number of nitrogen functional groups attached to an aromatic ring is 1. The first-order chi connectivity index (χ1) is 6.66. The van der Waals surface area contributed by atoms with Gasteiger partial charge in [-0.3, -0.25) is 0 Å². The van der Waals surface area contributed by atoms with E-state index in [4.69, 9.17) is 21.8 Å². The van der Waals surface area contributed by atoms with Gasteiger partial charge in [0, 0.05) is 5.56 Å². The van der Waals surface area contributed by atoms with Gasteiger partial charge in [0.05, 0.1) is 5.02 Å². The Morgan fingerprint density at radius 2 is 2.21 bits per heavy atom. The molecule has 1 aromatic heterocycles. The van der Waals surface area contributed by atoms with Gasteiger partial charge in [0.2, 0.25) is 0 Å². The molecule has 0 atom stereocenters. The third-order valence-corrected chi connectivity index (χ3v) is 2.03. The van der Waals surface area contributed by atoms with Crippen LogP contribution in [0.4, 0.5) is 10.4 Å². The molecule has 0 saturated heterocycles. The number of nitrogens with two attached hydrogens (primary N) is 1. The van der Waals surface area contributed by atoms with E-state index in [9.17, 15) is 4.39 Å². The van der Waals surface area contributed by atoms with Crippen LogP contribution in [0.2, 0.25) is 5.02 Å². The zero-order valence-corrected chi connectivity index (χ0v) is 7.75. The Balaban J connectivity index is 2.47. The van der Waals surface area contributed by atoms with Gasteiger partial charge in [-0.2, -0.15) is 4.98 Å². The molecular formula is C9H6ClFN2O. The first-order valence-electron chi connectivity index (χ1n) is 3.83. The van der Waals surface area contributed by atoms with Crippen molar-refractivity contribution in [3.63, 3.8) is 0 Å². The molecular weight excluding hydrogens is 207 g/mol. The second-order valence-electron chi connectivity index (χ2n) is 2.70. The van der Waals surface area contributed by atoms with Crippen molar-refractivity contribution in [1.29, 1.82) is 0 Å². The van der Waals surface area contributed by atoms with E-state index in [1.54, 1.807) is 6.07 Å². The number of halogens is 2. The second-order valence-corrected chi connectivity index (χ2v) is 3.11. The molecule has 3 nitrogen and oxygen atoms in total. The molecule has 1 aromatic carbocycles. The summed E-state index contributed by atoms with van der Waals surface area (Å²) in [5.74, 6) is -0.466. The molecule has 2 aromatic rings. The molecule has 0 radical (unpaired) electrons. The van der Waals surface area contributed by atoms with Crippen LogP contribution in [0.1, 0.15) is 0 Å². The topological polar surface area (TPSA) is 52.0 Å². The Hall–Kier alpha value is -1.55. The number of anilines is 1. The lowest BCUT2D eigenvalue weighted by molar-refractivity contribution is 0.581. The van der Waals surface area contributed by atoms with E-state index in [0.29, 0.717) is 11.3 Å². The molecule has 72 valence electrons. The van der Waals surface area contributed by atoms with Gasteiger partial charge in [-0.25, -0.2) is 4.39 Å². The molecule has 0 amide bonds. The van der Waals surface area contributed by atoms with Crippen LogP contribution >= 0.6 is 11.6 Å². The van der Waals surface area contributed by atoms with Crippen LogP contribution in [0.3, 0.4) is 0 Å². The van der Waals surface area contributed by atoms with Crippen molar-refractivity contribution in [2.45, 2.75) is 0 Å². The van der Waals surface area contributed by atoms with Crippen molar-refractivity contribution in [2.24, 2.45) is 0 Å². The first kappa shape index (κ1) is 9.02. The van der Waals surface area contributed by atoms with Crippen molar-refractivity contribution in [2.75, 3.05) is 5.73 Å². The molecule has 0 aliphatic rings. The molecule has 2 rings (SSSR count). The molecule has 5 heteroatoms. The minimum Gasteiger partial charge on any atom is -0.432 e. The van der Waals surface area contributed by atoms with Crippen molar-refractivity contribution in [1.82, 2.24) is 4.98 Å². The quantitative estimate of drug-likeness (QED) is 0.791. The van der Waals surface area contributed by atoms with Gasteiger partial charge in [-0.15, -0.1) is 0 Å². The molecule has 0 bridgehead atoms. The van der Waals surface area contributed by atoms with E-state index < -0.39 is 5.82 Å². The highest BCUT2D eigenvalue weighted by Crippen LogP contribution is 2.24. The highest BCUT2D eigenvalue weighted by atomic mass is 35.5. The Kier molecular flexibility index (Phi) is 2.13. The third-order valence-electron chi connectivity index (χ3n) is 1.74. The van der Waals surface area contributed by atoms with Crippen LogP contribution < -0.4 is 5.73 Å². The summed E-state index contributed by atoms with van der Waals surface area (Å²) in [5, 5.41) is 0.0454. The molecule has 0 fully saturated rings. The number of benzene rings is 1. The van der Waals surface area contributed by atoms with E-state index in [1.807, 2.05) is 0 Å². The summed E-state index contributed by atoms with van der Waals surface area (Å²) >= 11 is 5.61. The molecule has 2 N–H and O–H groups in total. The maximum Gasteiger partial charge on any atom is 0.292 e. The normalized spacial score (nSPS) is 10.4. The largest absolute Gasteiger partial charge is 0.432 e. The molecule has 14 heavy (non-hydrogen) atoms. The minimum atomic E-state index is -0.466. The van der Waals surface area contributed by atoms with Crippen LogP contribution in [0.25, 0.3) is 11.3 Å². The summed E-state index contributed by atoms with van der Waals surface area (Å²) < 4.78 is 17.6. The fraction of sp³-hybridized carbons (Fsp3) is 0. The maximum absolute atomic E-state index is 12.8. The van der Waals surface area contributed by atoms with Gasteiger partial charge in [0.1, 0.15) is 17.8 Å². The zero-order valence-electron chi connectivity index (χ0n) is 7.00. The van der Waals surface area contributed by atoms with Crippen LogP contribution in [0, 0.1) is 5.82 Å². The zero-order chi connectivity index (χ0) is 10.1. The minimum absolute atomic E-state index is 0.0454. The molecule has 1 heterocycles. The molecule has 0 aliphatic heterocycles. The molecule has 0 unspecified atom stereocenters. The van der Waals surface area contributed by atoms with Crippen molar-refractivity contribution < 1.29 is 8.81 Å². The summed E-state index contributed by atoms with van der Waals surface area (Å²) in [6.45, 7) is 0.